The number of hydrogen-bond donors (Lipinski definition) is 2. The van der Waals surface area contributed by atoms with Crippen molar-refractivity contribution in [2.75, 3.05) is 27.2 Å². The molecular weight excluding hydrogens is 447 g/mol. The van der Waals surface area contributed by atoms with Crippen molar-refractivity contribution < 1.29 is 13.9 Å². The number of nitrogens with one attached hydrogen (secondary N) is 1. The van der Waals surface area contributed by atoms with E-state index in [0.717, 1.165) is 11.3 Å². The van der Waals surface area contributed by atoms with E-state index in [2.05, 4.69) is 10.3 Å². The van der Waals surface area contributed by atoms with Crippen molar-refractivity contribution in [3.05, 3.63) is 53.5 Å². The number of likely N-dealkylation sites (N-methyl/N-ethyl adjacent to an activating group) is 1. The van der Waals surface area contributed by atoms with E-state index >= 15 is 0 Å². The number of nitrogens with zero attached hydrogens (tertiary/aromatic N) is 2. The van der Waals surface area contributed by atoms with E-state index < -0.39 is 5.91 Å². The minimum Gasteiger partial charge on any atom is -0.491 e. The molecule has 0 aliphatic carbocycles. The summed E-state index contributed by atoms with van der Waals surface area (Å²) in [5.41, 5.74) is 6.28. The lowest BCUT2D eigenvalue weighted by molar-refractivity contribution is 0.0972. The number of carbonyl (C=O) groups excluding carboxylic acids is 1. The zero-order valence-corrected chi connectivity index (χ0v) is 17.5. The van der Waals surface area contributed by atoms with Gasteiger partial charge in [-0.15, -0.1) is 24.0 Å². The predicted molar refractivity (Wildman–Crippen MR) is 112 cm³/mol. The van der Waals surface area contributed by atoms with Crippen molar-refractivity contribution in [1.29, 1.82) is 0 Å². The zero-order chi connectivity index (χ0) is 18.2. The maximum absolute atomic E-state index is 11.0. The van der Waals surface area contributed by atoms with Crippen LogP contribution >= 0.6 is 24.0 Å². The molecule has 2 aromatic rings. The van der Waals surface area contributed by atoms with Crippen molar-refractivity contribution in [3.63, 3.8) is 0 Å². The molecule has 0 saturated carbocycles. The van der Waals surface area contributed by atoms with Crippen molar-refractivity contribution in [1.82, 2.24) is 10.2 Å². The molecule has 7 nitrogen and oxygen atoms in total. The van der Waals surface area contributed by atoms with Gasteiger partial charge in [-0.05, 0) is 30.7 Å². The van der Waals surface area contributed by atoms with E-state index in [4.69, 9.17) is 14.9 Å². The first-order chi connectivity index (χ1) is 12.0. The highest BCUT2D eigenvalue weighted by Crippen LogP contribution is 2.15. The molecule has 8 heteroatoms. The Morgan fingerprint density at radius 1 is 1.31 bits per heavy atom. The number of amides is 1. The summed E-state index contributed by atoms with van der Waals surface area (Å²) in [6.07, 6.45) is 0. The van der Waals surface area contributed by atoms with E-state index in [1.165, 1.54) is 0 Å². The molecule has 0 spiro atoms. The van der Waals surface area contributed by atoms with Crippen LogP contribution in [-0.2, 0) is 6.54 Å². The average Bonchev–Trinajstić information content (AvgIpc) is 3.06. The van der Waals surface area contributed by atoms with Crippen LogP contribution < -0.4 is 15.8 Å². The SMILES string of the molecule is CN=C(NCc1ccc(C(N)=O)o1)N(C)CCOc1ccccc1C.I. The fourth-order valence-electron chi connectivity index (χ4n) is 2.27. The molecular formula is C18H25IN4O3. The Labute approximate surface area is 170 Å². The van der Waals surface area contributed by atoms with Crippen LogP contribution in [-0.4, -0.2) is 44.0 Å². The number of aryl methyl sites for hydroxylation is 1. The minimum absolute atomic E-state index is 0. The summed E-state index contributed by atoms with van der Waals surface area (Å²) in [6.45, 7) is 3.62. The number of aliphatic imine (C=N–C) groups is 1. The lowest BCUT2D eigenvalue weighted by atomic mass is 10.2. The Morgan fingerprint density at radius 2 is 2.04 bits per heavy atom. The molecule has 26 heavy (non-hydrogen) atoms. The lowest BCUT2D eigenvalue weighted by Crippen LogP contribution is -2.40. The highest BCUT2D eigenvalue weighted by Gasteiger charge is 2.10. The quantitative estimate of drug-likeness (QED) is 0.367. The normalized spacial score (nSPS) is 10.8. The highest BCUT2D eigenvalue weighted by atomic mass is 127. The molecule has 0 aliphatic rings. The van der Waals surface area contributed by atoms with Gasteiger partial charge in [-0.3, -0.25) is 9.79 Å². The number of primary amides is 1. The fourth-order valence-corrected chi connectivity index (χ4v) is 2.27. The van der Waals surface area contributed by atoms with Gasteiger partial charge in [-0.2, -0.15) is 0 Å². The summed E-state index contributed by atoms with van der Waals surface area (Å²) in [6, 6.07) is 11.2. The van der Waals surface area contributed by atoms with Crippen LogP contribution in [0.1, 0.15) is 21.9 Å². The molecule has 3 N–H and O–H groups in total. The van der Waals surface area contributed by atoms with E-state index in [1.54, 1.807) is 19.2 Å². The van der Waals surface area contributed by atoms with Crippen LogP contribution in [0.3, 0.4) is 0 Å². The van der Waals surface area contributed by atoms with Gasteiger partial charge >= 0.3 is 0 Å². The number of furan rings is 1. The number of guanidine groups is 1. The second-order valence-electron chi connectivity index (χ2n) is 5.57. The molecule has 1 aromatic heterocycles. The predicted octanol–water partition coefficient (Wildman–Crippen LogP) is 2.39. The summed E-state index contributed by atoms with van der Waals surface area (Å²) in [5, 5.41) is 3.17. The minimum atomic E-state index is -0.582. The van der Waals surface area contributed by atoms with Crippen molar-refractivity contribution in [3.8, 4) is 5.75 Å². The molecule has 0 unspecified atom stereocenters. The van der Waals surface area contributed by atoms with Crippen LogP contribution in [0.25, 0.3) is 0 Å². The molecule has 0 atom stereocenters. The Morgan fingerprint density at radius 3 is 2.65 bits per heavy atom. The van der Waals surface area contributed by atoms with Gasteiger partial charge in [-0.25, -0.2) is 0 Å². The van der Waals surface area contributed by atoms with Crippen LogP contribution in [0.4, 0.5) is 0 Å². The zero-order valence-electron chi connectivity index (χ0n) is 15.2. The first kappa shape index (κ1) is 21.8. The van der Waals surface area contributed by atoms with E-state index in [-0.39, 0.29) is 29.7 Å². The topological polar surface area (TPSA) is 93.1 Å². The number of carbonyl (C=O) groups is 1. The van der Waals surface area contributed by atoms with Crippen LogP contribution in [0.15, 0.2) is 45.8 Å². The van der Waals surface area contributed by atoms with Crippen molar-refractivity contribution in [2.45, 2.75) is 13.5 Å². The summed E-state index contributed by atoms with van der Waals surface area (Å²) in [7, 11) is 3.63. The van der Waals surface area contributed by atoms with Crippen molar-refractivity contribution >= 4 is 35.8 Å². The molecule has 0 radical (unpaired) electrons. The molecule has 1 aromatic carbocycles. The first-order valence-electron chi connectivity index (χ1n) is 8.00. The maximum atomic E-state index is 11.0. The van der Waals surface area contributed by atoms with Gasteiger partial charge in [0, 0.05) is 14.1 Å². The molecule has 0 saturated heterocycles. The van der Waals surface area contributed by atoms with Gasteiger partial charge in [0.05, 0.1) is 13.1 Å². The van der Waals surface area contributed by atoms with Gasteiger partial charge < -0.3 is 25.1 Å². The Bertz CT molecular complexity index is 746. The van der Waals surface area contributed by atoms with Gasteiger partial charge in [0.1, 0.15) is 18.1 Å². The molecule has 0 fully saturated rings. The van der Waals surface area contributed by atoms with Gasteiger partial charge in [0.15, 0.2) is 11.7 Å². The standard InChI is InChI=1S/C18H24N4O3.HI/c1-13-6-4-5-7-15(13)24-11-10-22(3)18(20-2)21-12-14-8-9-16(25-14)17(19)23;/h4-9H,10-12H2,1-3H3,(H2,19,23)(H,20,21);1H. The summed E-state index contributed by atoms with van der Waals surface area (Å²) < 4.78 is 11.1. The number of benzene rings is 1. The number of ether oxygens (including phenoxy) is 1. The Balaban J connectivity index is 0.00000338. The fraction of sp³-hybridized carbons (Fsp3) is 0.333. The third kappa shape index (κ3) is 6.25. The molecule has 0 aliphatic heterocycles. The number of nitrogens with two attached hydrogens (primary N) is 1. The van der Waals surface area contributed by atoms with Crippen LogP contribution in [0.5, 0.6) is 5.75 Å². The molecule has 0 bridgehead atoms. The van der Waals surface area contributed by atoms with E-state index in [1.807, 2.05) is 43.1 Å². The number of para-hydroxylation sites is 1. The maximum Gasteiger partial charge on any atom is 0.284 e. The smallest absolute Gasteiger partial charge is 0.284 e. The second-order valence-corrected chi connectivity index (χ2v) is 5.57. The number of rotatable bonds is 7. The second kappa shape index (κ2) is 10.7. The number of halogens is 1. The van der Waals surface area contributed by atoms with Crippen LogP contribution in [0, 0.1) is 6.92 Å². The summed E-state index contributed by atoms with van der Waals surface area (Å²) in [5.74, 6) is 1.76. The molecule has 1 heterocycles. The van der Waals surface area contributed by atoms with Gasteiger partial charge in [0.25, 0.3) is 5.91 Å². The highest BCUT2D eigenvalue weighted by molar-refractivity contribution is 14.0. The Kier molecular flexibility index (Phi) is 8.97. The largest absolute Gasteiger partial charge is 0.491 e. The van der Waals surface area contributed by atoms with Crippen LogP contribution in [0.2, 0.25) is 0 Å². The molecule has 142 valence electrons. The third-order valence-corrected chi connectivity index (χ3v) is 3.68. The molecule has 2 rings (SSSR count). The summed E-state index contributed by atoms with van der Waals surface area (Å²) >= 11 is 0. The molecule has 1 amide bonds. The van der Waals surface area contributed by atoms with Gasteiger partial charge in [-0.1, -0.05) is 18.2 Å². The lowest BCUT2D eigenvalue weighted by Gasteiger charge is -2.22. The summed E-state index contributed by atoms with van der Waals surface area (Å²) in [4.78, 5) is 17.2. The Hall–Kier alpha value is -2.23. The number of hydrogen-bond acceptors (Lipinski definition) is 4. The monoisotopic (exact) mass is 472 g/mol. The van der Waals surface area contributed by atoms with Gasteiger partial charge in [0.2, 0.25) is 0 Å². The van der Waals surface area contributed by atoms with E-state index in [0.29, 0.717) is 31.4 Å². The van der Waals surface area contributed by atoms with E-state index in [9.17, 15) is 4.79 Å². The first-order valence-corrected chi connectivity index (χ1v) is 8.00. The third-order valence-electron chi connectivity index (χ3n) is 3.68. The van der Waals surface area contributed by atoms with Crippen molar-refractivity contribution in [2.24, 2.45) is 10.7 Å². The average molecular weight is 472 g/mol.